The number of cyclic esters (lactones) is 1. The highest BCUT2D eigenvalue weighted by atomic mass is 16.6. The second-order valence-corrected chi connectivity index (χ2v) is 38.5. The van der Waals surface area contributed by atoms with Crippen LogP contribution in [0, 0.1) is 41.4 Å². The fourth-order valence-electron chi connectivity index (χ4n) is 20.3. The second-order valence-electron chi connectivity index (χ2n) is 38.5. The number of aromatic nitrogens is 5. The number of amides is 3. The molecule has 7 aliphatic rings. The number of benzene rings is 2. The van der Waals surface area contributed by atoms with Crippen LogP contribution in [0.4, 0.5) is 11.8 Å². The van der Waals surface area contributed by atoms with Crippen molar-refractivity contribution in [3.63, 3.8) is 0 Å². The Morgan fingerprint density at radius 1 is 0.686 bits per heavy atom. The summed E-state index contributed by atoms with van der Waals surface area (Å²) in [6.45, 7) is 22.1. The number of ether oxygens (including phenoxy) is 11. The van der Waals surface area contributed by atoms with Gasteiger partial charge in [-0.05, 0) is 193 Å². The Bertz CT molecular complexity index is 4890. The molecular formula is C102H150N12O23. The molecule has 3 amide bonds. The molecule has 12 rings (SSSR count). The quantitative estimate of drug-likeness (QED) is 0.00713. The van der Waals surface area contributed by atoms with Gasteiger partial charge in [0, 0.05) is 115 Å². The Morgan fingerprint density at radius 3 is 2.09 bits per heavy atom. The number of esters is 1. The monoisotopic (exact) mass is 1910 g/mol. The SMILES string of the molecule is CO[C@H]1C[C@@H]2CC[C@@H](C)[C@@](O)(O2)C(=O)C(=O)N2CCCC[C@H]2C(=O)O[C@H]([C@H](C)C[C@@H]2CC[C@@H](O)[C@H](OC)C2)C[C@@H](O)[C@H](C)/C=C(\C)[C@@H](O)[C@@H](OC)C(=NOCC(=O)CCCOCCOCCOCCOCCOCCOCCC(=O)N2CCC(N3CCC(C(=O)N4CCc5cc(Cn6nc(-c7ccc8oc(N)nc8c7)c7c(N)ncnc76)ccc5C4)CC3)CC2)[C@H](C)C[C@H](C)/C=C/C=C/C=C/1C. The molecule has 1 saturated carbocycles. The minimum absolute atomic E-state index is 0.00371. The number of anilines is 2. The van der Waals surface area contributed by atoms with E-state index < -0.39 is 84.1 Å². The number of oxazole rings is 1. The number of oxime groups is 1. The number of nitrogens with two attached hydrogens (primary N) is 2. The summed E-state index contributed by atoms with van der Waals surface area (Å²) in [6, 6.07) is 11.4. The highest BCUT2D eigenvalue weighted by Crippen LogP contribution is 2.41. The van der Waals surface area contributed by atoms with E-state index in [1.54, 1.807) is 41.1 Å². The van der Waals surface area contributed by atoms with E-state index >= 15 is 0 Å². The van der Waals surface area contributed by atoms with Crippen molar-refractivity contribution in [2.24, 2.45) is 46.6 Å². The standard InChI is InChI=1S/C102H150N12O23/c1-65-17-12-11-13-18-66(2)86(125-8)59-80-26-21-71(7)102(124,137-80)95(120)99(122)113-35-15-14-20-82(113)100(123)135-87(68(4)55-72-23-27-83(116)88(57-72)126-9)60-84(117)67(3)54-70(6)93(119)94(127-10)91(69(5)53-65)109-134-63-79(115)19-16-41-128-43-45-130-47-49-132-51-52-133-50-48-131-46-44-129-42-34-89(118)111-39-32-78(33-40-111)110-36-29-74(30-37-110)98(121)112-38-31-75-56-73(22-24-77(75)62-112)61-114-97-90(96(103)105-64-106-97)92(108-114)76-25-28-85-81(58-76)107-101(104)136-85/h11-13,17-18,22,24-25,28,54,56,58,64-65,67-69,71-72,74,78,80,82-84,86-88,93-94,116-117,119,124H,14-16,19-21,23,26-27,29-53,55,57,59-63H2,1-10H3,(H2,104,107)(H2,103,105,106)/b13-11+,17-12+,66-18+,70-54+,109-91?/t65-,67-,68-,69-,71-,72+,80+,82+,83-,84-,86+,87+,88-,93-,94+,102-/m1/s1. The van der Waals surface area contributed by atoms with Crippen molar-refractivity contribution in [2.45, 2.75) is 257 Å². The number of ketones is 2. The van der Waals surface area contributed by atoms with Crippen LogP contribution in [0.15, 0.2) is 99.9 Å². The largest absolute Gasteiger partial charge is 0.460 e. The Balaban J connectivity index is 0.504. The van der Waals surface area contributed by atoms with Crippen molar-refractivity contribution in [3.05, 3.63) is 107 Å². The van der Waals surface area contributed by atoms with Gasteiger partial charge in [-0.3, -0.25) is 24.0 Å². The summed E-state index contributed by atoms with van der Waals surface area (Å²) in [7, 11) is 4.62. The summed E-state index contributed by atoms with van der Waals surface area (Å²) in [5.41, 5.74) is 20.6. The third-order valence-electron chi connectivity index (χ3n) is 28.5. The Kier molecular flexibility index (Phi) is 41.5. The molecule has 0 unspecified atom stereocenters. The van der Waals surface area contributed by atoms with E-state index in [1.807, 2.05) is 83.8 Å². The highest BCUT2D eigenvalue weighted by Gasteiger charge is 2.54. The van der Waals surface area contributed by atoms with Gasteiger partial charge in [0.2, 0.25) is 17.6 Å². The number of nitrogen functional groups attached to an aromatic ring is 2. The Hall–Kier alpha value is -8.89. The van der Waals surface area contributed by atoms with E-state index in [2.05, 4.69) is 50.1 Å². The second kappa shape index (κ2) is 53.1. The molecule has 5 fully saturated rings. The van der Waals surface area contributed by atoms with Crippen molar-refractivity contribution < 1.29 is 111 Å². The van der Waals surface area contributed by atoms with E-state index in [9.17, 15) is 49.2 Å². The van der Waals surface area contributed by atoms with Gasteiger partial charge in [0.25, 0.3) is 17.7 Å². The van der Waals surface area contributed by atoms with Crippen molar-refractivity contribution in [1.82, 2.24) is 44.3 Å². The third kappa shape index (κ3) is 29.9. The smallest absolute Gasteiger partial charge is 0.329 e. The average molecular weight is 1910 g/mol. The molecule has 9 heterocycles. The van der Waals surface area contributed by atoms with Crippen LogP contribution in [0.2, 0.25) is 0 Å². The van der Waals surface area contributed by atoms with Crippen LogP contribution in [-0.2, 0) is 105 Å². The van der Waals surface area contributed by atoms with Gasteiger partial charge >= 0.3 is 5.97 Å². The van der Waals surface area contributed by atoms with Crippen molar-refractivity contribution >= 4 is 74.9 Å². The lowest BCUT2D eigenvalue weighted by Gasteiger charge is -2.43. The summed E-state index contributed by atoms with van der Waals surface area (Å²) in [4.78, 5) is 111. The molecule has 16 atom stereocenters. The first-order chi connectivity index (χ1) is 66.1. The van der Waals surface area contributed by atoms with Gasteiger partial charge in [-0.25, -0.2) is 19.4 Å². The van der Waals surface area contributed by atoms with Crippen LogP contribution in [0.25, 0.3) is 33.4 Å². The molecule has 0 spiro atoms. The summed E-state index contributed by atoms with van der Waals surface area (Å²) >= 11 is 0. The van der Waals surface area contributed by atoms with Crippen LogP contribution in [0.1, 0.15) is 187 Å². The predicted molar refractivity (Wildman–Crippen MR) is 514 cm³/mol. The molecule has 137 heavy (non-hydrogen) atoms. The fourth-order valence-corrected chi connectivity index (χ4v) is 20.3. The first-order valence-corrected chi connectivity index (χ1v) is 49.6. The summed E-state index contributed by atoms with van der Waals surface area (Å²) in [5, 5.41) is 57.5. The number of fused-ring (bicyclic) bond motifs is 6. The van der Waals surface area contributed by atoms with Gasteiger partial charge in [0.1, 0.15) is 47.7 Å². The molecule has 5 aromatic rings. The van der Waals surface area contributed by atoms with Crippen LogP contribution in [-0.4, -0.2) is 319 Å². The van der Waals surface area contributed by atoms with Crippen LogP contribution in [0.5, 0.6) is 0 Å². The molecule has 2 aromatic carbocycles. The number of Topliss-reactive ketones (excluding diaryl/α,β-unsaturated/α-hetero) is 2. The number of aliphatic hydroxyl groups excluding tert-OH is 3. The zero-order chi connectivity index (χ0) is 97.7. The minimum atomic E-state index is -2.46. The zero-order valence-electron chi connectivity index (χ0n) is 82.0. The number of piperidine rings is 3. The summed E-state index contributed by atoms with van der Waals surface area (Å²) < 4.78 is 71.9. The predicted octanol–water partition coefficient (Wildman–Crippen LogP) is 10.1. The molecular weight excluding hydrogens is 1760 g/mol. The molecule has 35 heteroatoms. The molecule has 2 bridgehead atoms. The van der Waals surface area contributed by atoms with E-state index in [1.165, 1.54) is 23.9 Å². The van der Waals surface area contributed by atoms with E-state index in [0.29, 0.717) is 234 Å². The third-order valence-corrected chi connectivity index (χ3v) is 28.5. The van der Waals surface area contributed by atoms with Crippen molar-refractivity contribution in [2.75, 3.05) is 158 Å². The Labute approximate surface area is 805 Å². The number of nitrogens with zero attached hydrogens (tertiary/aromatic N) is 10. The van der Waals surface area contributed by atoms with E-state index in [-0.39, 0.29) is 98.1 Å². The summed E-state index contributed by atoms with van der Waals surface area (Å²) in [5.74, 6) is -6.86. The van der Waals surface area contributed by atoms with Crippen molar-refractivity contribution in [3.8, 4) is 11.3 Å². The van der Waals surface area contributed by atoms with Gasteiger partial charge in [-0.15, -0.1) is 0 Å². The molecule has 756 valence electrons. The molecule has 0 radical (unpaired) electrons. The molecule has 3 aromatic heterocycles. The lowest BCUT2D eigenvalue weighted by Crippen LogP contribution is -2.61. The number of likely N-dealkylation sites (tertiary alicyclic amines) is 2. The minimum Gasteiger partial charge on any atom is -0.460 e. The lowest BCUT2D eigenvalue weighted by atomic mass is 9.78. The van der Waals surface area contributed by atoms with Gasteiger partial charge in [-0.1, -0.05) is 94.4 Å². The van der Waals surface area contributed by atoms with Gasteiger partial charge in [0.05, 0.1) is 127 Å². The molecule has 6 aliphatic heterocycles. The zero-order valence-corrected chi connectivity index (χ0v) is 82.0. The number of carbonyl (C=O) groups is 6. The number of methoxy groups -OCH3 is 3. The van der Waals surface area contributed by atoms with Crippen LogP contribution in [0.3, 0.4) is 0 Å². The van der Waals surface area contributed by atoms with E-state index in [4.69, 9.17) is 77.9 Å². The number of hydrogen-bond acceptors (Lipinski definition) is 31. The van der Waals surface area contributed by atoms with Gasteiger partial charge in [0.15, 0.2) is 23.6 Å². The number of carbonyl (C=O) groups excluding carboxylic acids is 6. The number of aliphatic hydroxyl groups is 4. The highest BCUT2D eigenvalue weighted by molar-refractivity contribution is 6.39. The topological polar surface area (TPSA) is 441 Å². The Morgan fingerprint density at radius 2 is 1.39 bits per heavy atom. The first kappa shape index (κ1) is 107. The lowest BCUT2D eigenvalue weighted by molar-refractivity contribution is -0.265. The number of rotatable bonds is 36. The summed E-state index contributed by atoms with van der Waals surface area (Å²) in [6.07, 6.45) is 17.0. The maximum atomic E-state index is 14.7. The normalized spacial score (nSPS) is 28.5. The number of allylic oxidation sites excluding steroid dienone is 5. The first-order valence-electron chi connectivity index (χ1n) is 49.6. The van der Waals surface area contributed by atoms with Gasteiger partial charge < -0.3 is 113 Å². The van der Waals surface area contributed by atoms with Crippen LogP contribution >= 0.6 is 0 Å². The van der Waals surface area contributed by atoms with Gasteiger partial charge in [-0.2, -0.15) is 10.1 Å². The molecule has 8 N–H and O–H groups in total. The van der Waals surface area contributed by atoms with E-state index in [0.717, 1.165) is 67.5 Å². The van der Waals surface area contributed by atoms with Crippen LogP contribution < -0.4 is 11.5 Å². The maximum Gasteiger partial charge on any atom is 0.329 e. The molecule has 35 nitrogen and oxygen atoms in total. The van der Waals surface area contributed by atoms with Crippen molar-refractivity contribution in [1.29, 1.82) is 0 Å². The maximum absolute atomic E-state index is 14.7. The fraction of sp³-hybridized carbons (Fsp3) is 0.676. The average Bonchev–Trinajstić information content (AvgIpc) is 1.67. The molecule has 1 aliphatic carbocycles. The number of hydrogen-bond donors (Lipinski definition) is 6. The molecule has 4 saturated heterocycles.